The van der Waals surface area contributed by atoms with Crippen LogP contribution in [-0.2, 0) is 20.7 Å². The summed E-state index contributed by atoms with van der Waals surface area (Å²) in [6.45, 7) is 3.67. The third-order valence-corrected chi connectivity index (χ3v) is 4.19. The van der Waals surface area contributed by atoms with Crippen LogP contribution in [0.15, 0.2) is 41.5 Å². The van der Waals surface area contributed by atoms with Crippen LogP contribution in [0.5, 0.6) is 11.5 Å². The number of rotatable bonds is 11. The van der Waals surface area contributed by atoms with Gasteiger partial charge in [-0.2, -0.15) is 5.10 Å². The van der Waals surface area contributed by atoms with Crippen molar-refractivity contribution in [1.29, 1.82) is 0 Å². The Morgan fingerprint density at radius 2 is 1.94 bits per heavy atom. The Morgan fingerprint density at radius 1 is 1.19 bits per heavy atom. The van der Waals surface area contributed by atoms with Crippen molar-refractivity contribution < 1.29 is 28.7 Å². The summed E-state index contributed by atoms with van der Waals surface area (Å²) >= 11 is 6.26. The zero-order valence-electron chi connectivity index (χ0n) is 17.5. The van der Waals surface area contributed by atoms with Crippen molar-refractivity contribution in [3.05, 3.63) is 62.7 Å². The molecule has 0 atom stereocenters. The molecule has 32 heavy (non-hydrogen) atoms. The van der Waals surface area contributed by atoms with Crippen LogP contribution in [-0.4, -0.2) is 42.8 Å². The molecule has 1 amide bonds. The minimum atomic E-state index is -0.547. The lowest BCUT2D eigenvalue weighted by atomic mass is 10.1. The van der Waals surface area contributed by atoms with Gasteiger partial charge >= 0.3 is 5.97 Å². The monoisotopic (exact) mass is 463 g/mol. The summed E-state index contributed by atoms with van der Waals surface area (Å²) in [6.07, 6.45) is 1.13. The summed E-state index contributed by atoms with van der Waals surface area (Å²) < 4.78 is 15.8. The fourth-order valence-corrected chi connectivity index (χ4v) is 2.90. The number of nitrogens with zero attached hydrogens (tertiary/aromatic N) is 2. The fourth-order valence-electron chi connectivity index (χ4n) is 2.63. The summed E-state index contributed by atoms with van der Waals surface area (Å²) in [6, 6.07) is 9.06. The number of para-hydroxylation sites is 1. The van der Waals surface area contributed by atoms with Crippen molar-refractivity contribution in [2.24, 2.45) is 5.10 Å². The number of ether oxygens (including phenoxy) is 3. The molecule has 0 radical (unpaired) electrons. The van der Waals surface area contributed by atoms with E-state index in [0.717, 1.165) is 0 Å². The minimum Gasteiger partial charge on any atom is -0.490 e. The van der Waals surface area contributed by atoms with Gasteiger partial charge in [-0.15, -0.1) is 0 Å². The fraction of sp³-hybridized carbons (Fsp3) is 0.286. The van der Waals surface area contributed by atoms with Crippen molar-refractivity contribution in [3.63, 3.8) is 0 Å². The molecule has 0 saturated carbocycles. The number of amides is 1. The number of nitrogens with one attached hydrogen (secondary N) is 1. The lowest BCUT2D eigenvalue weighted by Crippen LogP contribution is -2.20. The second kappa shape index (κ2) is 12.3. The molecule has 0 fully saturated rings. The molecule has 0 unspecified atom stereocenters. The summed E-state index contributed by atoms with van der Waals surface area (Å²) in [4.78, 5) is 34.1. The Bertz CT molecular complexity index is 1010. The lowest BCUT2D eigenvalue weighted by molar-refractivity contribution is -0.385. The van der Waals surface area contributed by atoms with E-state index < -0.39 is 16.8 Å². The zero-order valence-corrected chi connectivity index (χ0v) is 18.3. The topological polar surface area (TPSA) is 129 Å². The first-order chi connectivity index (χ1) is 15.3. The average molecular weight is 464 g/mol. The highest BCUT2D eigenvalue weighted by Crippen LogP contribution is 2.36. The number of nitro benzene ring substituents is 1. The maximum Gasteiger partial charge on any atom is 0.344 e. The molecule has 0 aliphatic carbocycles. The van der Waals surface area contributed by atoms with Crippen LogP contribution < -0.4 is 14.9 Å². The minimum absolute atomic E-state index is 0.141. The molecule has 0 saturated heterocycles. The number of hydrogen-bond donors (Lipinski definition) is 1. The molecule has 2 aromatic carbocycles. The maximum atomic E-state index is 12.1. The second-order valence-corrected chi connectivity index (χ2v) is 6.62. The number of carbonyl (C=O) groups excluding carboxylic acids is 2. The van der Waals surface area contributed by atoms with Gasteiger partial charge in [0.25, 0.3) is 5.69 Å². The third-order valence-electron chi connectivity index (χ3n) is 3.91. The third kappa shape index (κ3) is 7.24. The van der Waals surface area contributed by atoms with Gasteiger partial charge in [-0.1, -0.05) is 29.8 Å². The van der Waals surface area contributed by atoms with Crippen molar-refractivity contribution in [3.8, 4) is 11.5 Å². The van der Waals surface area contributed by atoms with E-state index in [1.165, 1.54) is 30.5 Å². The van der Waals surface area contributed by atoms with Gasteiger partial charge in [0, 0.05) is 11.6 Å². The summed E-state index contributed by atoms with van der Waals surface area (Å²) in [5.41, 5.74) is 2.94. The molecule has 0 aliphatic rings. The van der Waals surface area contributed by atoms with Gasteiger partial charge in [0.1, 0.15) is 0 Å². The van der Waals surface area contributed by atoms with Gasteiger partial charge in [0.2, 0.25) is 5.91 Å². The summed E-state index contributed by atoms with van der Waals surface area (Å²) in [7, 11) is 0. The predicted molar refractivity (Wildman–Crippen MR) is 117 cm³/mol. The normalized spacial score (nSPS) is 10.6. The Labute approximate surface area is 189 Å². The van der Waals surface area contributed by atoms with Crippen LogP contribution in [0, 0.1) is 10.1 Å². The van der Waals surface area contributed by atoms with E-state index in [1.807, 2.05) is 0 Å². The molecule has 0 aliphatic heterocycles. The van der Waals surface area contributed by atoms with Crippen LogP contribution in [0.25, 0.3) is 0 Å². The second-order valence-electron chi connectivity index (χ2n) is 6.21. The van der Waals surface area contributed by atoms with E-state index in [-0.39, 0.29) is 47.4 Å². The smallest absolute Gasteiger partial charge is 0.344 e. The molecule has 2 aromatic rings. The molecular weight excluding hydrogens is 442 g/mol. The molecule has 0 spiro atoms. The van der Waals surface area contributed by atoms with Crippen LogP contribution in [0.2, 0.25) is 5.02 Å². The molecule has 2 rings (SSSR count). The Hall–Kier alpha value is -3.66. The van der Waals surface area contributed by atoms with Crippen LogP contribution in [0.4, 0.5) is 5.69 Å². The van der Waals surface area contributed by atoms with Crippen LogP contribution in [0.1, 0.15) is 25.0 Å². The van der Waals surface area contributed by atoms with Gasteiger partial charge in [0.05, 0.1) is 35.8 Å². The highest BCUT2D eigenvalue weighted by molar-refractivity contribution is 6.32. The largest absolute Gasteiger partial charge is 0.490 e. The van der Waals surface area contributed by atoms with Crippen molar-refractivity contribution >= 4 is 35.4 Å². The van der Waals surface area contributed by atoms with Gasteiger partial charge < -0.3 is 14.2 Å². The van der Waals surface area contributed by atoms with Crippen LogP contribution >= 0.6 is 11.6 Å². The molecule has 1 N–H and O–H groups in total. The van der Waals surface area contributed by atoms with Gasteiger partial charge in [-0.25, -0.2) is 10.2 Å². The zero-order chi connectivity index (χ0) is 23.5. The van der Waals surface area contributed by atoms with E-state index in [1.54, 1.807) is 26.0 Å². The van der Waals surface area contributed by atoms with Gasteiger partial charge in [0.15, 0.2) is 18.1 Å². The molecule has 11 heteroatoms. The Balaban J connectivity index is 2.07. The number of benzene rings is 2. The number of hydrogen-bond acceptors (Lipinski definition) is 8. The predicted octanol–water partition coefficient (Wildman–Crippen LogP) is 3.28. The number of esters is 1. The quantitative estimate of drug-likeness (QED) is 0.234. The Morgan fingerprint density at radius 3 is 2.62 bits per heavy atom. The van der Waals surface area contributed by atoms with E-state index >= 15 is 0 Å². The van der Waals surface area contributed by atoms with E-state index in [4.69, 9.17) is 25.8 Å². The molecule has 170 valence electrons. The number of hydrazone groups is 1. The van der Waals surface area contributed by atoms with Gasteiger partial charge in [-0.3, -0.25) is 14.9 Å². The highest BCUT2D eigenvalue weighted by atomic mass is 35.5. The number of nitro groups is 1. The average Bonchev–Trinajstić information content (AvgIpc) is 2.74. The first-order valence-electron chi connectivity index (χ1n) is 9.64. The standard InChI is InChI=1S/C21H22ClN3O7/c1-3-30-18-10-14(9-16(22)21(18)32-13-20(27)31-4-2)12-23-24-19(26)11-15-7-5-6-8-17(15)25(28)29/h5-10,12H,3-4,11,13H2,1-2H3,(H,24,26)/b23-12+. The van der Waals surface area contributed by atoms with Crippen molar-refractivity contribution in [2.75, 3.05) is 19.8 Å². The summed E-state index contributed by atoms with van der Waals surface area (Å²) in [5, 5.41) is 15.1. The summed E-state index contributed by atoms with van der Waals surface area (Å²) in [5.74, 6) is -0.602. The highest BCUT2D eigenvalue weighted by Gasteiger charge is 2.16. The lowest BCUT2D eigenvalue weighted by Gasteiger charge is -2.14. The molecule has 0 bridgehead atoms. The van der Waals surface area contributed by atoms with E-state index in [9.17, 15) is 19.7 Å². The van der Waals surface area contributed by atoms with Crippen molar-refractivity contribution in [2.45, 2.75) is 20.3 Å². The van der Waals surface area contributed by atoms with E-state index in [0.29, 0.717) is 12.2 Å². The first kappa shape index (κ1) is 24.6. The molecule has 0 heterocycles. The SMILES string of the molecule is CCOC(=O)COc1c(Cl)cc(/C=N/NC(=O)Cc2ccccc2[N+](=O)[O-])cc1OCC. The van der Waals surface area contributed by atoms with Gasteiger partial charge in [-0.05, 0) is 31.5 Å². The Kier molecular flexibility index (Phi) is 9.43. The van der Waals surface area contributed by atoms with Crippen LogP contribution in [0.3, 0.4) is 0 Å². The maximum absolute atomic E-state index is 12.1. The van der Waals surface area contributed by atoms with Crippen molar-refractivity contribution in [1.82, 2.24) is 5.43 Å². The first-order valence-corrected chi connectivity index (χ1v) is 10.0. The number of halogens is 1. The molecule has 10 nitrogen and oxygen atoms in total. The number of carbonyl (C=O) groups is 2. The molecule has 0 aromatic heterocycles. The molecular formula is C21H22ClN3O7. The van der Waals surface area contributed by atoms with E-state index in [2.05, 4.69) is 10.5 Å².